The van der Waals surface area contributed by atoms with Gasteiger partial charge >= 0.3 is 0 Å². The van der Waals surface area contributed by atoms with Gasteiger partial charge in [-0.15, -0.1) is 0 Å². The van der Waals surface area contributed by atoms with Gasteiger partial charge in [-0.2, -0.15) is 0 Å². The Morgan fingerprint density at radius 3 is 1.56 bits per heavy atom. The van der Waals surface area contributed by atoms with Crippen LogP contribution >= 0.6 is 0 Å². The van der Waals surface area contributed by atoms with Gasteiger partial charge in [0.1, 0.15) is 0 Å². The van der Waals surface area contributed by atoms with Gasteiger partial charge in [-0.25, -0.2) is 0 Å². The first-order valence-electron chi connectivity index (χ1n) is 23.5. The zero-order valence-corrected chi connectivity index (χ0v) is 36.6. The van der Waals surface area contributed by atoms with Crippen LogP contribution in [0.25, 0.3) is 33.4 Å². The molecular weight excluding hydrogens is 759 g/mol. The van der Waals surface area contributed by atoms with Crippen LogP contribution < -0.4 is 4.90 Å². The van der Waals surface area contributed by atoms with Crippen LogP contribution in [-0.4, -0.2) is 0 Å². The molecule has 4 atom stereocenters. The van der Waals surface area contributed by atoms with Crippen LogP contribution in [0, 0.1) is 17.8 Å². The summed E-state index contributed by atoms with van der Waals surface area (Å²) in [6.07, 6.45) is 6.49. The van der Waals surface area contributed by atoms with Crippen LogP contribution in [0.4, 0.5) is 17.1 Å². The Balaban J connectivity index is 1.14. The minimum absolute atomic E-state index is 0.0386. The van der Waals surface area contributed by atoms with E-state index in [1.54, 1.807) is 11.1 Å². The van der Waals surface area contributed by atoms with E-state index in [0.717, 1.165) is 5.92 Å². The SMILES string of the molecule is CC1C[C@H]2CCC[C@@H](C1)C21c2ccccc2C2(c3ccccc3-c3ccccc32)c2cc(N(c3ccc4c(c3)C(C)(C)c3ccccc3-4)c3ccccc3-c3ccccc3)ccc21. The summed E-state index contributed by atoms with van der Waals surface area (Å²) in [6.45, 7) is 7.33. The van der Waals surface area contributed by atoms with E-state index in [-0.39, 0.29) is 10.8 Å². The maximum Gasteiger partial charge on any atom is 0.0720 e. The molecule has 0 radical (unpaired) electrons. The van der Waals surface area contributed by atoms with Gasteiger partial charge in [-0.1, -0.05) is 185 Å². The highest BCUT2D eigenvalue weighted by atomic mass is 15.1. The van der Waals surface area contributed by atoms with Crippen molar-refractivity contribution < 1.29 is 0 Å². The summed E-state index contributed by atoms with van der Waals surface area (Å²) in [6, 6.07) is 72.7. The largest absolute Gasteiger partial charge is 0.310 e. The lowest BCUT2D eigenvalue weighted by Gasteiger charge is -2.60. The second-order valence-electron chi connectivity index (χ2n) is 20.0. The quantitative estimate of drug-likeness (QED) is 0.171. The fourth-order valence-electron chi connectivity index (χ4n) is 14.4. The van der Waals surface area contributed by atoms with Gasteiger partial charge in [0, 0.05) is 27.8 Å². The minimum atomic E-state index is -0.468. The molecule has 8 aromatic carbocycles. The number of hydrogen-bond acceptors (Lipinski definition) is 1. The third-order valence-electron chi connectivity index (χ3n) is 16.7. The van der Waals surface area contributed by atoms with Gasteiger partial charge < -0.3 is 4.90 Å². The monoisotopic (exact) mass is 811 g/mol. The van der Waals surface area contributed by atoms with E-state index < -0.39 is 5.41 Å². The van der Waals surface area contributed by atoms with Crippen molar-refractivity contribution in [1.29, 1.82) is 0 Å². The molecule has 0 N–H and O–H groups in total. The Kier molecular flexibility index (Phi) is 7.98. The fourth-order valence-corrected chi connectivity index (χ4v) is 14.4. The first kappa shape index (κ1) is 37.1. The number of hydrogen-bond donors (Lipinski definition) is 0. The van der Waals surface area contributed by atoms with Crippen molar-refractivity contribution in [2.75, 3.05) is 4.90 Å². The molecule has 2 fully saturated rings. The number of para-hydroxylation sites is 1. The summed E-state index contributed by atoms with van der Waals surface area (Å²) in [5.74, 6) is 1.95. The summed E-state index contributed by atoms with van der Waals surface area (Å²) in [5.41, 5.74) is 22.5. The topological polar surface area (TPSA) is 3.24 Å². The third-order valence-corrected chi connectivity index (χ3v) is 16.7. The lowest BCUT2D eigenvalue weighted by atomic mass is 9.42. The summed E-state index contributed by atoms with van der Waals surface area (Å²) >= 11 is 0. The highest BCUT2D eigenvalue weighted by molar-refractivity contribution is 5.93. The van der Waals surface area contributed by atoms with Crippen molar-refractivity contribution in [2.24, 2.45) is 17.8 Å². The van der Waals surface area contributed by atoms with Crippen molar-refractivity contribution in [2.45, 2.75) is 69.1 Å². The van der Waals surface area contributed by atoms with Crippen LogP contribution in [-0.2, 0) is 16.2 Å². The predicted octanol–water partition coefficient (Wildman–Crippen LogP) is 15.9. The standard InChI is InChI=1S/C62H53N/c1-40-36-42-20-17-21-43(37-40)61(42)54-29-14-15-30-55(54)62(52-27-12-8-24-48(52)49-25-9-13-28-53(49)62)58-39-45(33-35-56(58)61)63(59-31-16-10-22-46(59)41-18-5-4-6-19-41)44-32-34-50-47-23-7-11-26-51(47)60(2,3)57(50)38-44/h4-16,18-19,22-35,38-40,42-43H,17,20-21,36-37H2,1-3H3/t40?,42-,43+,61?. The number of rotatable bonds is 4. The summed E-state index contributed by atoms with van der Waals surface area (Å²) in [5, 5.41) is 0. The molecule has 13 rings (SSSR count). The average molecular weight is 812 g/mol. The molecule has 0 aromatic heterocycles. The number of benzene rings is 8. The number of nitrogens with zero attached hydrogens (tertiary/aromatic N) is 1. The van der Waals surface area contributed by atoms with E-state index >= 15 is 0 Å². The second kappa shape index (κ2) is 13.5. The molecule has 0 saturated heterocycles. The van der Waals surface area contributed by atoms with Crippen molar-refractivity contribution in [3.05, 3.63) is 233 Å². The van der Waals surface area contributed by atoms with Gasteiger partial charge in [0.25, 0.3) is 0 Å². The molecule has 2 unspecified atom stereocenters. The maximum absolute atomic E-state index is 2.68. The van der Waals surface area contributed by atoms with Gasteiger partial charge in [-0.05, 0) is 146 Å². The smallest absolute Gasteiger partial charge is 0.0720 e. The van der Waals surface area contributed by atoms with E-state index in [2.05, 4.69) is 214 Å². The first-order chi connectivity index (χ1) is 30.9. The molecule has 2 bridgehead atoms. The van der Waals surface area contributed by atoms with Crippen molar-refractivity contribution in [3.63, 3.8) is 0 Å². The summed E-state index contributed by atoms with van der Waals surface area (Å²) in [7, 11) is 0. The fraction of sp³-hybridized carbons (Fsp3) is 0.226. The Labute approximate surface area is 373 Å². The van der Waals surface area contributed by atoms with Crippen LogP contribution in [0.1, 0.15) is 97.4 Å². The molecule has 5 aliphatic rings. The molecule has 0 aliphatic heterocycles. The lowest BCUT2D eigenvalue weighted by Crippen LogP contribution is -2.55. The van der Waals surface area contributed by atoms with E-state index in [4.69, 9.17) is 0 Å². The van der Waals surface area contributed by atoms with Crippen LogP contribution in [0.15, 0.2) is 188 Å². The summed E-state index contributed by atoms with van der Waals surface area (Å²) in [4.78, 5) is 2.60. The molecule has 2 spiro atoms. The van der Waals surface area contributed by atoms with E-state index in [0.29, 0.717) is 11.8 Å². The highest BCUT2D eigenvalue weighted by Gasteiger charge is 2.62. The van der Waals surface area contributed by atoms with Crippen LogP contribution in [0.3, 0.4) is 0 Å². The van der Waals surface area contributed by atoms with Crippen molar-refractivity contribution in [1.82, 2.24) is 0 Å². The van der Waals surface area contributed by atoms with Crippen LogP contribution in [0.2, 0.25) is 0 Å². The van der Waals surface area contributed by atoms with Gasteiger partial charge in [0.2, 0.25) is 0 Å². The predicted molar refractivity (Wildman–Crippen MR) is 261 cm³/mol. The molecule has 2 saturated carbocycles. The number of fused-ring (bicyclic) bond motifs is 12. The van der Waals surface area contributed by atoms with Gasteiger partial charge in [-0.3, -0.25) is 0 Å². The minimum Gasteiger partial charge on any atom is -0.310 e. The molecule has 1 heteroatoms. The van der Waals surface area contributed by atoms with Gasteiger partial charge in [0.05, 0.1) is 11.1 Å². The molecule has 5 aliphatic carbocycles. The van der Waals surface area contributed by atoms with Crippen molar-refractivity contribution in [3.8, 4) is 33.4 Å². The Morgan fingerprint density at radius 2 is 0.889 bits per heavy atom. The zero-order valence-electron chi connectivity index (χ0n) is 36.6. The molecule has 1 nitrogen and oxygen atoms in total. The number of anilines is 3. The highest BCUT2D eigenvalue weighted by Crippen LogP contribution is 2.69. The van der Waals surface area contributed by atoms with Crippen LogP contribution in [0.5, 0.6) is 0 Å². The van der Waals surface area contributed by atoms with E-state index in [1.165, 1.54) is 116 Å². The average Bonchev–Trinajstić information content (AvgIpc) is 3.74. The van der Waals surface area contributed by atoms with Crippen molar-refractivity contribution >= 4 is 17.1 Å². The third kappa shape index (κ3) is 4.89. The Morgan fingerprint density at radius 1 is 0.413 bits per heavy atom. The Hall–Kier alpha value is -6.44. The normalized spacial score (nSPS) is 22.4. The zero-order chi connectivity index (χ0) is 42.1. The molecule has 63 heavy (non-hydrogen) atoms. The molecule has 0 amide bonds. The van der Waals surface area contributed by atoms with Gasteiger partial charge in [0.15, 0.2) is 0 Å². The molecular formula is C62H53N. The van der Waals surface area contributed by atoms with E-state index in [9.17, 15) is 0 Å². The summed E-state index contributed by atoms with van der Waals surface area (Å²) < 4.78 is 0. The molecule has 8 aromatic rings. The lowest BCUT2D eigenvalue weighted by molar-refractivity contribution is 0.0495. The Bertz CT molecular complexity index is 3070. The maximum atomic E-state index is 2.68. The van der Waals surface area contributed by atoms with E-state index in [1.807, 2.05) is 0 Å². The molecule has 0 heterocycles. The first-order valence-corrected chi connectivity index (χ1v) is 23.5. The molecule has 306 valence electrons. The second-order valence-corrected chi connectivity index (χ2v) is 20.0.